The van der Waals surface area contributed by atoms with Gasteiger partial charge in [0.25, 0.3) is 10.0 Å². The molecule has 6 rings (SSSR count). The number of aryl methyl sites for hydroxylation is 2. The van der Waals surface area contributed by atoms with E-state index in [9.17, 15) is 8.42 Å². The predicted molar refractivity (Wildman–Crippen MR) is 137 cm³/mol. The monoisotopic (exact) mass is 472 g/mol. The van der Waals surface area contributed by atoms with Crippen LogP contribution < -0.4 is 15.4 Å². The molecular formula is C27H28N4O2S. The van der Waals surface area contributed by atoms with Crippen LogP contribution in [0.2, 0.25) is 0 Å². The second-order valence-electron chi connectivity index (χ2n) is 9.45. The topological polar surface area (TPSA) is 86.0 Å². The third kappa shape index (κ3) is 3.47. The number of nitrogens with one attached hydrogen (secondary N) is 4. The van der Waals surface area contributed by atoms with Gasteiger partial charge in [-0.05, 0) is 85.5 Å². The van der Waals surface area contributed by atoms with Crippen LogP contribution in [0.3, 0.4) is 0 Å². The Morgan fingerprint density at radius 3 is 2.62 bits per heavy atom. The molecule has 0 saturated carbocycles. The molecule has 7 heteroatoms. The van der Waals surface area contributed by atoms with Crippen molar-refractivity contribution in [3.63, 3.8) is 0 Å². The van der Waals surface area contributed by atoms with Gasteiger partial charge >= 0.3 is 0 Å². The molecule has 0 spiro atoms. The van der Waals surface area contributed by atoms with Gasteiger partial charge < -0.3 is 15.6 Å². The second-order valence-corrected chi connectivity index (χ2v) is 11.1. The Morgan fingerprint density at radius 1 is 0.912 bits per heavy atom. The molecule has 0 aliphatic carbocycles. The lowest BCUT2D eigenvalue weighted by Crippen LogP contribution is -2.32. The molecule has 3 atom stereocenters. The number of fused-ring (bicyclic) bond motifs is 4. The first-order valence-corrected chi connectivity index (χ1v) is 13.2. The van der Waals surface area contributed by atoms with E-state index in [1.165, 1.54) is 10.9 Å². The molecule has 6 nitrogen and oxygen atoms in total. The van der Waals surface area contributed by atoms with Crippen LogP contribution in [-0.4, -0.2) is 19.9 Å². The van der Waals surface area contributed by atoms with Gasteiger partial charge in [-0.1, -0.05) is 24.3 Å². The van der Waals surface area contributed by atoms with E-state index in [0.717, 1.165) is 40.9 Å². The Kier molecular flexibility index (Phi) is 4.93. The van der Waals surface area contributed by atoms with Gasteiger partial charge in [0.15, 0.2) is 0 Å². The lowest BCUT2D eigenvalue weighted by atomic mass is 9.80. The van der Waals surface area contributed by atoms with Crippen LogP contribution >= 0.6 is 0 Å². The summed E-state index contributed by atoms with van der Waals surface area (Å²) >= 11 is 0. The molecule has 1 fully saturated rings. The van der Waals surface area contributed by atoms with Gasteiger partial charge in [0, 0.05) is 40.4 Å². The second kappa shape index (κ2) is 7.89. The average Bonchev–Trinajstić information content (AvgIpc) is 3.48. The Hall–Kier alpha value is -3.29. The maximum absolute atomic E-state index is 13.2. The smallest absolute Gasteiger partial charge is 0.261 e. The first-order valence-electron chi connectivity index (χ1n) is 11.7. The number of hydrogen-bond acceptors (Lipinski definition) is 4. The van der Waals surface area contributed by atoms with Gasteiger partial charge in [0.2, 0.25) is 0 Å². The summed E-state index contributed by atoms with van der Waals surface area (Å²) in [5, 5.41) is 8.59. The lowest BCUT2D eigenvalue weighted by Gasteiger charge is -2.37. The van der Waals surface area contributed by atoms with Crippen LogP contribution in [0.15, 0.2) is 71.8 Å². The number of para-hydroxylation sites is 1. The number of aromatic amines is 1. The van der Waals surface area contributed by atoms with E-state index < -0.39 is 10.0 Å². The number of rotatable bonds is 4. The van der Waals surface area contributed by atoms with E-state index in [-0.39, 0.29) is 17.0 Å². The summed E-state index contributed by atoms with van der Waals surface area (Å²) in [6, 6.07) is 19.7. The number of H-pyrrole nitrogens is 1. The highest BCUT2D eigenvalue weighted by atomic mass is 32.2. The van der Waals surface area contributed by atoms with Crippen molar-refractivity contribution in [2.24, 2.45) is 5.92 Å². The van der Waals surface area contributed by atoms with Crippen molar-refractivity contribution in [1.29, 1.82) is 0 Å². The molecule has 4 aromatic rings. The normalized spacial score (nSPS) is 21.6. The highest BCUT2D eigenvalue weighted by Gasteiger charge is 2.41. The molecule has 1 saturated heterocycles. The van der Waals surface area contributed by atoms with E-state index in [4.69, 9.17) is 0 Å². The molecule has 174 valence electrons. The zero-order valence-corrected chi connectivity index (χ0v) is 20.0. The predicted octanol–water partition coefficient (Wildman–Crippen LogP) is 5.40. The Morgan fingerprint density at radius 2 is 1.76 bits per heavy atom. The third-order valence-corrected chi connectivity index (χ3v) is 8.77. The molecule has 1 aromatic heterocycles. The molecule has 2 aliphatic rings. The minimum atomic E-state index is -3.70. The van der Waals surface area contributed by atoms with Crippen molar-refractivity contribution >= 4 is 32.3 Å². The summed E-state index contributed by atoms with van der Waals surface area (Å²) in [5.74, 6) is 0.331. The van der Waals surface area contributed by atoms with E-state index in [1.807, 2.05) is 44.2 Å². The van der Waals surface area contributed by atoms with Gasteiger partial charge in [-0.15, -0.1) is 0 Å². The van der Waals surface area contributed by atoms with Gasteiger partial charge in [0.05, 0.1) is 10.9 Å². The molecule has 3 unspecified atom stereocenters. The summed E-state index contributed by atoms with van der Waals surface area (Å²) in [6.45, 7) is 4.90. The average molecular weight is 473 g/mol. The number of aromatic nitrogens is 1. The fraction of sp³-hybridized carbons (Fsp3) is 0.259. The fourth-order valence-corrected chi connectivity index (χ4v) is 6.56. The standard InChI is InChI=1S/C27H28N4O2S/c1-16-7-8-18(13-17(16)2)31-34(32,33)19-9-10-25-22(14-19)26-21(11-12-28-26)27(30-25)23-15-29-24-6-4-3-5-20(23)24/h3-10,13-15,21,26-31H,11-12H2,1-2H3. The maximum atomic E-state index is 13.2. The largest absolute Gasteiger partial charge is 0.378 e. The highest BCUT2D eigenvalue weighted by Crippen LogP contribution is 2.48. The Bertz CT molecular complexity index is 1510. The molecule has 3 aromatic carbocycles. The minimum absolute atomic E-state index is 0.103. The summed E-state index contributed by atoms with van der Waals surface area (Å²) in [5.41, 5.74) is 7.15. The Balaban J connectivity index is 1.35. The van der Waals surface area contributed by atoms with Crippen LogP contribution in [0.4, 0.5) is 11.4 Å². The molecule has 0 bridgehead atoms. The van der Waals surface area contributed by atoms with E-state index >= 15 is 0 Å². The minimum Gasteiger partial charge on any atom is -0.378 e. The van der Waals surface area contributed by atoms with E-state index in [0.29, 0.717) is 11.6 Å². The molecular weight excluding hydrogens is 444 g/mol. The number of benzene rings is 3. The van der Waals surface area contributed by atoms with Gasteiger partial charge in [-0.25, -0.2) is 8.42 Å². The molecule has 2 aliphatic heterocycles. The van der Waals surface area contributed by atoms with Crippen molar-refractivity contribution in [1.82, 2.24) is 10.3 Å². The van der Waals surface area contributed by atoms with Crippen LogP contribution in [0.5, 0.6) is 0 Å². The number of sulfonamides is 1. The SMILES string of the molecule is Cc1ccc(NS(=O)(=O)c2ccc3c(c2)C2NCCC2C(c2c[nH]c4ccccc24)N3)cc1C. The first kappa shape index (κ1) is 21.3. The van der Waals surface area contributed by atoms with E-state index in [2.05, 4.69) is 44.7 Å². The zero-order valence-electron chi connectivity index (χ0n) is 19.2. The van der Waals surface area contributed by atoms with Crippen LogP contribution in [0.25, 0.3) is 10.9 Å². The third-order valence-electron chi connectivity index (χ3n) is 7.39. The summed E-state index contributed by atoms with van der Waals surface area (Å²) in [6.07, 6.45) is 3.13. The van der Waals surface area contributed by atoms with E-state index in [1.54, 1.807) is 12.1 Å². The highest BCUT2D eigenvalue weighted by molar-refractivity contribution is 7.92. The molecule has 34 heavy (non-hydrogen) atoms. The molecule has 3 heterocycles. The van der Waals surface area contributed by atoms with Crippen molar-refractivity contribution in [3.8, 4) is 0 Å². The Labute approximate surface area is 199 Å². The lowest BCUT2D eigenvalue weighted by molar-refractivity contribution is 0.392. The number of hydrogen-bond donors (Lipinski definition) is 4. The van der Waals surface area contributed by atoms with Gasteiger partial charge in [-0.2, -0.15) is 0 Å². The zero-order chi connectivity index (χ0) is 23.4. The van der Waals surface area contributed by atoms with Crippen molar-refractivity contribution in [3.05, 3.63) is 89.1 Å². The van der Waals surface area contributed by atoms with Crippen LogP contribution in [0.1, 0.15) is 40.8 Å². The van der Waals surface area contributed by atoms with Gasteiger partial charge in [0.1, 0.15) is 0 Å². The summed E-state index contributed by atoms with van der Waals surface area (Å²) < 4.78 is 29.2. The summed E-state index contributed by atoms with van der Waals surface area (Å²) in [4.78, 5) is 3.68. The van der Waals surface area contributed by atoms with Gasteiger partial charge in [-0.3, -0.25) is 4.72 Å². The fourth-order valence-electron chi connectivity index (χ4n) is 5.47. The molecule has 0 amide bonds. The molecule has 4 N–H and O–H groups in total. The van der Waals surface area contributed by atoms with Crippen molar-refractivity contribution in [2.75, 3.05) is 16.6 Å². The van der Waals surface area contributed by atoms with Crippen LogP contribution in [-0.2, 0) is 10.0 Å². The maximum Gasteiger partial charge on any atom is 0.261 e. The first-order chi connectivity index (χ1) is 16.4. The number of anilines is 2. The molecule has 0 radical (unpaired) electrons. The van der Waals surface area contributed by atoms with Crippen molar-refractivity contribution in [2.45, 2.75) is 37.2 Å². The van der Waals surface area contributed by atoms with Crippen molar-refractivity contribution < 1.29 is 8.42 Å². The summed E-state index contributed by atoms with van der Waals surface area (Å²) in [7, 11) is -3.70. The van der Waals surface area contributed by atoms with Crippen LogP contribution in [0, 0.1) is 19.8 Å². The quantitative estimate of drug-likeness (QED) is 0.320.